The summed E-state index contributed by atoms with van der Waals surface area (Å²) in [4.78, 5) is 12.5. The molecule has 0 radical (unpaired) electrons. The molecule has 0 spiro atoms. The van der Waals surface area contributed by atoms with Crippen molar-refractivity contribution in [1.82, 2.24) is 19.4 Å². The van der Waals surface area contributed by atoms with E-state index in [1.807, 2.05) is 18.6 Å². The Morgan fingerprint density at radius 3 is 2.78 bits per heavy atom. The van der Waals surface area contributed by atoms with Crippen LogP contribution in [-0.4, -0.2) is 25.4 Å². The number of fused-ring (bicyclic) bond motifs is 1. The molecule has 3 aromatic rings. The van der Waals surface area contributed by atoms with Crippen LogP contribution in [-0.2, 0) is 0 Å². The number of rotatable bonds is 3. The van der Waals surface area contributed by atoms with Crippen molar-refractivity contribution < 1.29 is 0 Å². The van der Waals surface area contributed by atoms with Gasteiger partial charge in [-0.15, -0.1) is 0 Å². The smallest absolute Gasteiger partial charge is 0.157 e. The molecule has 3 aromatic heterocycles. The van der Waals surface area contributed by atoms with Gasteiger partial charge in [0.1, 0.15) is 11.5 Å². The Morgan fingerprint density at radius 1 is 1.22 bits per heavy atom. The summed E-state index contributed by atoms with van der Waals surface area (Å²) >= 11 is 0. The summed E-state index contributed by atoms with van der Waals surface area (Å²) in [6.45, 7) is 4.22. The van der Waals surface area contributed by atoms with Crippen LogP contribution in [0.2, 0.25) is 0 Å². The molecule has 1 fully saturated rings. The van der Waals surface area contributed by atoms with Crippen LogP contribution in [0.5, 0.6) is 0 Å². The van der Waals surface area contributed by atoms with E-state index in [2.05, 4.69) is 39.6 Å². The molecule has 0 aromatic carbocycles. The number of nitrogens with one attached hydrogen (secondary N) is 2. The molecular formula is C18H23N5. The third-order valence-corrected chi connectivity index (χ3v) is 4.76. The minimum atomic E-state index is 0.534. The number of hydrogen-bond donors (Lipinski definition) is 2. The van der Waals surface area contributed by atoms with Crippen LogP contribution in [0.3, 0.4) is 0 Å². The molecule has 0 atom stereocenters. The van der Waals surface area contributed by atoms with E-state index < -0.39 is 0 Å². The maximum Gasteiger partial charge on any atom is 0.157 e. The lowest BCUT2D eigenvalue weighted by atomic mass is 9.95. The molecule has 0 unspecified atom stereocenters. The fourth-order valence-corrected chi connectivity index (χ4v) is 3.63. The molecule has 2 N–H and O–H groups in total. The highest BCUT2D eigenvalue weighted by Crippen LogP contribution is 2.32. The van der Waals surface area contributed by atoms with Gasteiger partial charge >= 0.3 is 0 Å². The Morgan fingerprint density at radius 2 is 2.04 bits per heavy atom. The van der Waals surface area contributed by atoms with Crippen molar-refractivity contribution in [2.75, 3.05) is 5.32 Å². The molecule has 0 bridgehead atoms. The Hall–Kier alpha value is -2.30. The zero-order valence-electron chi connectivity index (χ0n) is 13.8. The minimum absolute atomic E-state index is 0.534. The second-order valence-corrected chi connectivity index (χ2v) is 6.60. The lowest BCUT2D eigenvalue weighted by Gasteiger charge is -2.24. The van der Waals surface area contributed by atoms with Crippen LogP contribution >= 0.6 is 0 Å². The van der Waals surface area contributed by atoms with Crippen molar-refractivity contribution in [1.29, 1.82) is 0 Å². The van der Waals surface area contributed by atoms with Crippen LogP contribution in [0.4, 0.5) is 5.82 Å². The van der Waals surface area contributed by atoms with Gasteiger partial charge in [0.2, 0.25) is 0 Å². The van der Waals surface area contributed by atoms with E-state index in [0.717, 1.165) is 28.5 Å². The number of H-pyrrole nitrogens is 1. The van der Waals surface area contributed by atoms with Crippen molar-refractivity contribution in [2.24, 2.45) is 0 Å². The Balaban J connectivity index is 1.82. The third kappa shape index (κ3) is 2.60. The topological polar surface area (TPSA) is 58.0 Å². The lowest BCUT2D eigenvalue weighted by Crippen LogP contribution is -2.23. The zero-order valence-corrected chi connectivity index (χ0v) is 13.8. The second-order valence-electron chi connectivity index (χ2n) is 6.60. The Bertz CT molecular complexity index is 823. The first kappa shape index (κ1) is 14.3. The van der Waals surface area contributed by atoms with Gasteiger partial charge in [0.25, 0.3) is 0 Å². The van der Waals surface area contributed by atoms with Gasteiger partial charge in [-0.1, -0.05) is 19.3 Å². The Kier molecular flexibility index (Phi) is 3.56. The molecule has 3 heterocycles. The van der Waals surface area contributed by atoms with Crippen molar-refractivity contribution in [2.45, 2.75) is 52.0 Å². The van der Waals surface area contributed by atoms with Crippen LogP contribution in [0.25, 0.3) is 17.0 Å². The molecule has 1 aliphatic rings. The van der Waals surface area contributed by atoms with E-state index in [0.29, 0.717) is 6.04 Å². The molecule has 5 nitrogen and oxygen atoms in total. The number of aryl methyl sites for hydroxylation is 2. The van der Waals surface area contributed by atoms with E-state index >= 15 is 0 Å². The third-order valence-electron chi connectivity index (χ3n) is 4.76. The molecule has 1 saturated carbocycles. The first-order valence-corrected chi connectivity index (χ1v) is 8.47. The number of imidazole rings is 1. The highest BCUT2D eigenvalue weighted by Gasteiger charge is 2.21. The summed E-state index contributed by atoms with van der Waals surface area (Å²) in [7, 11) is 0. The molecule has 120 valence electrons. The van der Waals surface area contributed by atoms with Crippen LogP contribution in [0, 0.1) is 13.8 Å². The first-order chi connectivity index (χ1) is 11.2. The molecular weight excluding hydrogens is 286 g/mol. The molecule has 23 heavy (non-hydrogen) atoms. The molecule has 0 saturated heterocycles. The summed E-state index contributed by atoms with van der Waals surface area (Å²) in [5.41, 5.74) is 5.37. The normalized spacial score (nSPS) is 16.1. The van der Waals surface area contributed by atoms with Gasteiger partial charge in [0.05, 0.1) is 11.9 Å². The van der Waals surface area contributed by atoms with Gasteiger partial charge in [-0.3, -0.25) is 9.38 Å². The molecule has 5 heteroatoms. The van der Waals surface area contributed by atoms with E-state index in [9.17, 15) is 0 Å². The van der Waals surface area contributed by atoms with E-state index in [1.54, 1.807) is 0 Å². The van der Waals surface area contributed by atoms with Crippen molar-refractivity contribution in [3.05, 3.63) is 35.9 Å². The predicted molar refractivity (Wildman–Crippen MR) is 92.7 cm³/mol. The maximum absolute atomic E-state index is 4.83. The summed E-state index contributed by atoms with van der Waals surface area (Å²) in [5.74, 6) is 1.08. The van der Waals surface area contributed by atoms with Crippen molar-refractivity contribution >= 4 is 11.5 Å². The number of anilines is 1. The average Bonchev–Trinajstić information content (AvgIpc) is 3.08. The zero-order chi connectivity index (χ0) is 15.8. The quantitative estimate of drug-likeness (QED) is 0.766. The monoisotopic (exact) mass is 309 g/mol. The van der Waals surface area contributed by atoms with Crippen molar-refractivity contribution in [3.8, 4) is 11.4 Å². The maximum atomic E-state index is 4.83. The number of hydrogen-bond acceptors (Lipinski definition) is 3. The fourth-order valence-electron chi connectivity index (χ4n) is 3.63. The summed E-state index contributed by atoms with van der Waals surface area (Å²) < 4.78 is 2.12. The average molecular weight is 309 g/mol. The lowest BCUT2D eigenvalue weighted by molar-refractivity contribution is 0.461. The van der Waals surface area contributed by atoms with Gasteiger partial charge in [-0.2, -0.15) is 0 Å². The fraction of sp³-hybridized carbons (Fsp3) is 0.444. The van der Waals surface area contributed by atoms with Gasteiger partial charge in [0, 0.05) is 24.1 Å². The van der Waals surface area contributed by atoms with Crippen LogP contribution in [0.15, 0.2) is 24.7 Å². The Labute approximate surface area is 136 Å². The molecule has 4 rings (SSSR count). The highest BCUT2D eigenvalue weighted by atomic mass is 15.2. The number of nitrogens with zero attached hydrogens (tertiary/aromatic N) is 3. The van der Waals surface area contributed by atoms with Crippen molar-refractivity contribution in [3.63, 3.8) is 0 Å². The number of aromatic amines is 1. The number of aromatic nitrogens is 4. The van der Waals surface area contributed by atoms with E-state index in [4.69, 9.17) is 4.98 Å². The SMILES string of the molecule is Cc1cc(C)c(-c2nc3cnccn3c2NC2CCCCC2)[nH]1. The van der Waals surface area contributed by atoms with Gasteiger partial charge in [0.15, 0.2) is 5.65 Å². The molecule has 0 aliphatic heterocycles. The van der Waals surface area contributed by atoms with Crippen LogP contribution < -0.4 is 5.32 Å². The van der Waals surface area contributed by atoms with E-state index in [1.165, 1.54) is 37.7 Å². The predicted octanol–water partition coefficient (Wildman–Crippen LogP) is 4.09. The summed E-state index contributed by atoms with van der Waals surface area (Å²) in [6.07, 6.45) is 12.1. The molecule has 1 aliphatic carbocycles. The van der Waals surface area contributed by atoms with Gasteiger partial charge in [-0.25, -0.2) is 4.98 Å². The summed E-state index contributed by atoms with van der Waals surface area (Å²) in [5, 5.41) is 3.76. The summed E-state index contributed by atoms with van der Waals surface area (Å²) in [6, 6.07) is 2.70. The minimum Gasteiger partial charge on any atom is -0.367 e. The molecule has 0 amide bonds. The first-order valence-electron chi connectivity index (χ1n) is 8.47. The van der Waals surface area contributed by atoms with E-state index in [-0.39, 0.29) is 0 Å². The van der Waals surface area contributed by atoms with Gasteiger partial charge < -0.3 is 10.3 Å². The second kappa shape index (κ2) is 5.72. The highest BCUT2D eigenvalue weighted by molar-refractivity contribution is 5.76. The largest absolute Gasteiger partial charge is 0.367 e. The van der Waals surface area contributed by atoms with Gasteiger partial charge in [-0.05, 0) is 38.3 Å². The standard InChI is InChI=1S/C18H23N5/c1-12-10-13(2)20-16(12)17-18(21-14-6-4-3-5-7-14)23-9-8-19-11-15(23)22-17/h8-11,14,20-21H,3-7H2,1-2H3. The van der Waals surface area contributed by atoms with Crippen LogP contribution in [0.1, 0.15) is 43.4 Å².